The van der Waals surface area contributed by atoms with E-state index in [9.17, 15) is 9.18 Å². The van der Waals surface area contributed by atoms with Crippen LogP contribution in [0.15, 0.2) is 51.4 Å². The van der Waals surface area contributed by atoms with Gasteiger partial charge in [0.1, 0.15) is 18.2 Å². The number of benzene rings is 2. The molecule has 0 aliphatic carbocycles. The third kappa shape index (κ3) is 4.68. The molecule has 22 heavy (non-hydrogen) atoms. The van der Waals surface area contributed by atoms with Crippen LogP contribution in [0.4, 0.5) is 4.39 Å². The fourth-order valence-corrected chi connectivity index (χ4v) is 3.17. The molecule has 0 saturated heterocycles. The Bertz CT molecular complexity index is 689. The predicted molar refractivity (Wildman–Crippen MR) is 89.2 cm³/mol. The Balaban J connectivity index is 2.14. The quantitative estimate of drug-likeness (QED) is 0.678. The molecule has 2 aromatic carbocycles. The highest BCUT2D eigenvalue weighted by Crippen LogP contribution is 2.35. The van der Waals surface area contributed by atoms with Gasteiger partial charge in [-0.25, -0.2) is 9.18 Å². The van der Waals surface area contributed by atoms with Crippen molar-refractivity contribution in [2.24, 2.45) is 0 Å². The zero-order valence-electron chi connectivity index (χ0n) is 11.2. The topological polar surface area (TPSA) is 46.5 Å². The molecular formula is C16H11Br2FO3. The minimum Gasteiger partial charge on any atom is -0.487 e. The van der Waals surface area contributed by atoms with Gasteiger partial charge in [0.25, 0.3) is 0 Å². The van der Waals surface area contributed by atoms with E-state index in [0.29, 0.717) is 21.3 Å². The van der Waals surface area contributed by atoms with Gasteiger partial charge in [0.05, 0.1) is 8.95 Å². The van der Waals surface area contributed by atoms with Crippen molar-refractivity contribution in [1.29, 1.82) is 0 Å². The first-order chi connectivity index (χ1) is 10.5. The van der Waals surface area contributed by atoms with Crippen LogP contribution in [-0.2, 0) is 11.4 Å². The van der Waals surface area contributed by atoms with Gasteiger partial charge in [0.2, 0.25) is 0 Å². The van der Waals surface area contributed by atoms with E-state index in [2.05, 4.69) is 31.9 Å². The summed E-state index contributed by atoms with van der Waals surface area (Å²) < 4.78 is 19.9. The summed E-state index contributed by atoms with van der Waals surface area (Å²) in [6.07, 6.45) is 2.55. The van der Waals surface area contributed by atoms with Gasteiger partial charge < -0.3 is 9.84 Å². The summed E-state index contributed by atoms with van der Waals surface area (Å²) in [5, 5.41) is 8.64. The molecule has 0 aliphatic rings. The molecule has 0 amide bonds. The minimum absolute atomic E-state index is 0.291. The van der Waals surface area contributed by atoms with E-state index >= 15 is 0 Å². The third-order valence-corrected chi connectivity index (χ3v) is 3.91. The third-order valence-electron chi connectivity index (χ3n) is 2.74. The van der Waals surface area contributed by atoms with Gasteiger partial charge in [0.15, 0.2) is 0 Å². The Morgan fingerprint density at radius 2 is 1.77 bits per heavy atom. The van der Waals surface area contributed by atoms with E-state index in [1.165, 1.54) is 18.2 Å². The van der Waals surface area contributed by atoms with Gasteiger partial charge >= 0.3 is 5.97 Å². The first-order valence-corrected chi connectivity index (χ1v) is 7.81. The molecule has 0 aliphatic heterocycles. The predicted octanol–water partition coefficient (Wildman–Crippen LogP) is 5.03. The van der Waals surface area contributed by atoms with Crippen molar-refractivity contribution in [1.82, 2.24) is 0 Å². The zero-order chi connectivity index (χ0) is 16.1. The van der Waals surface area contributed by atoms with E-state index < -0.39 is 5.97 Å². The van der Waals surface area contributed by atoms with Crippen LogP contribution in [0.5, 0.6) is 5.75 Å². The molecular weight excluding hydrogens is 419 g/mol. The summed E-state index contributed by atoms with van der Waals surface area (Å²) in [5.41, 5.74) is 1.56. The van der Waals surface area contributed by atoms with Crippen LogP contribution in [0.2, 0.25) is 0 Å². The Hall–Kier alpha value is -1.66. The maximum atomic E-state index is 12.8. The number of carboxylic acids is 1. The lowest BCUT2D eigenvalue weighted by atomic mass is 10.2. The molecule has 3 nitrogen and oxygen atoms in total. The van der Waals surface area contributed by atoms with Gasteiger partial charge in [-0.05, 0) is 73.3 Å². The molecule has 0 spiro atoms. The maximum absolute atomic E-state index is 12.8. The second kappa shape index (κ2) is 7.56. The molecule has 1 N–H and O–H groups in total. The second-order valence-electron chi connectivity index (χ2n) is 4.40. The van der Waals surface area contributed by atoms with Gasteiger partial charge in [-0.3, -0.25) is 0 Å². The molecule has 0 atom stereocenters. The van der Waals surface area contributed by atoms with Crippen molar-refractivity contribution >= 4 is 43.9 Å². The Morgan fingerprint density at radius 1 is 1.18 bits per heavy atom. The Kier molecular flexibility index (Phi) is 5.74. The van der Waals surface area contributed by atoms with Gasteiger partial charge in [-0.15, -0.1) is 0 Å². The van der Waals surface area contributed by atoms with Crippen molar-refractivity contribution < 1.29 is 19.0 Å². The van der Waals surface area contributed by atoms with Crippen LogP contribution >= 0.6 is 31.9 Å². The average Bonchev–Trinajstić information content (AvgIpc) is 2.46. The van der Waals surface area contributed by atoms with Crippen molar-refractivity contribution in [2.45, 2.75) is 6.61 Å². The summed E-state index contributed by atoms with van der Waals surface area (Å²) in [6.45, 7) is 0.293. The van der Waals surface area contributed by atoms with E-state index in [1.807, 2.05) is 0 Å². The molecule has 0 bridgehead atoms. The molecule has 0 fully saturated rings. The van der Waals surface area contributed by atoms with Gasteiger partial charge in [-0.2, -0.15) is 0 Å². The Labute approximate surface area is 143 Å². The number of rotatable bonds is 5. The molecule has 6 heteroatoms. The number of ether oxygens (including phenoxy) is 1. The maximum Gasteiger partial charge on any atom is 0.328 e. The summed E-state index contributed by atoms with van der Waals surface area (Å²) in [5.74, 6) is -0.707. The largest absolute Gasteiger partial charge is 0.487 e. The smallest absolute Gasteiger partial charge is 0.328 e. The molecule has 114 valence electrons. The molecule has 0 radical (unpaired) electrons. The van der Waals surface area contributed by atoms with Crippen LogP contribution in [-0.4, -0.2) is 11.1 Å². The number of aliphatic carboxylic acids is 1. The van der Waals surface area contributed by atoms with Gasteiger partial charge in [-0.1, -0.05) is 12.1 Å². The molecule has 0 aromatic heterocycles. The molecule has 2 rings (SSSR count). The lowest BCUT2D eigenvalue weighted by Crippen LogP contribution is -1.97. The number of carboxylic acid groups (broad SMARTS) is 1. The van der Waals surface area contributed by atoms with Crippen molar-refractivity contribution in [3.8, 4) is 5.75 Å². The van der Waals surface area contributed by atoms with Crippen LogP contribution < -0.4 is 4.74 Å². The number of hydrogen-bond donors (Lipinski definition) is 1. The van der Waals surface area contributed by atoms with Crippen LogP contribution in [0.1, 0.15) is 11.1 Å². The minimum atomic E-state index is -1.01. The highest BCUT2D eigenvalue weighted by atomic mass is 79.9. The van der Waals surface area contributed by atoms with E-state index in [0.717, 1.165) is 17.2 Å². The molecule has 2 aromatic rings. The first kappa shape index (κ1) is 16.7. The van der Waals surface area contributed by atoms with E-state index in [-0.39, 0.29) is 5.82 Å². The lowest BCUT2D eigenvalue weighted by Gasteiger charge is -2.11. The summed E-state index contributed by atoms with van der Waals surface area (Å²) in [4.78, 5) is 10.5. The highest BCUT2D eigenvalue weighted by Gasteiger charge is 2.09. The van der Waals surface area contributed by atoms with E-state index in [1.54, 1.807) is 24.3 Å². The standard InChI is InChI=1S/C16H11Br2FO3/c17-13-7-11(3-6-15(20)21)8-14(18)16(13)22-9-10-1-4-12(19)5-2-10/h1-8H,9H2,(H,20,21)/b6-3+. The van der Waals surface area contributed by atoms with Crippen LogP contribution in [0, 0.1) is 5.82 Å². The fourth-order valence-electron chi connectivity index (χ4n) is 1.72. The summed E-state index contributed by atoms with van der Waals surface area (Å²) in [7, 11) is 0. The Morgan fingerprint density at radius 3 is 2.32 bits per heavy atom. The summed E-state index contributed by atoms with van der Waals surface area (Å²) >= 11 is 6.79. The van der Waals surface area contributed by atoms with Crippen molar-refractivity contribution in [2.75, 3.05) is 0 Å². The first-order valence-electron chi connectivity index (χ1n) is 6.23. The molecule has 0 unspecified atom stereocenters. The number of carbonyl (C=O) groups is 1. The van der Waals surface area contributed by atoms with Crippen LogP contribution in [0.25, 0.3) is 6.08 Å². The van der Waals surface area contributed by atoms with Crippen LogP contribution in [0.3, 0.4) is 0 Å². The highest BCUT2D eigenvalue weighted by molar-refractivity contribution is 9.11. The monoisotopic (exact) mass is 428 g/mol. The van der Waals surface area contributed by atoms with Gasteiger partial charge in [0, 0.05) is 6.08 Å². The zero-order valence-corrected chi connectivity index (χ0v) is 14.4. The summed E-state index contributed by atoms with van der Waals surface area (Å²) in [6, 6.07) is 9.57. The average molecular weight is 430 g/mol. The SMILES string of the molecule is O=C(O)/C=C/c1cc(Br)c(OCc2ccc(F)cc2)c(Br)c1. The number of hydrogen-bond acceptors (Lipinski definition) is 2. The number of halogens is 3. The lowest BCUT2D eigenvalue weighted by molar-refractivity contribution is -0.131. The molecule has 0 heterocycles. The molecule has 0 saturated carbocycles. The van der Waals surface area contributed by atoms with Crippen molar-refractivity contribution in [3.63, 3.8) is 0 Å². The van der Waals surface area contributed by atoms with E-state index in [4.69, 9.17) is 9.84 Å². The van der Waals surface area contributed by atoms with Crippen molar-refractivity contribution in [3.05, 3.63) is 68.4 Å². The normalized spacial score (nSPS) is 10.9. The fraction of sp³-hybridized carbons (Fsp3) is 0.0625. The second-order valence-corrected chi connectivity index (χ2v) is 6.11.